The Labute approximate surface area is 479 Å². The number of hydrogen-bond donors (Lipinski definition) is 8. The van der Waals surface area contributed by atoms with Crippen molar-refractivity contribution < 1.29 is 79.3 Å². The minimum absolute atomic E-state index is 0.203. The van der Waals surface area contributed by atoms with E-state index in [1.165, 1.54) is 18.3 Å². The van der Waals surface area contributed by atoms with Crippen LogP contribution in [0.1, 0.15) is 86.7 Å². The van der Waals surface area contributed by atoms with Crippen LogP contribution in [0, 0.1) is 0 Å². The number of hydrogen-bond acceptors (Lipinski definition) is 18. The summed E-state index contributed by atoms with van der Waals surface area (Å²) in [5.74, 6) is -7.74. The van der Waals surface area contributed by atoms with Gasteiger partial charge in [0.15, 0.2) is 27.9 Å². The van der Waals surface area contributed by atoms with Crippen LogP contribution in [-0.4, -0.2) is 121 Å². The number of carboxylic acids is 1. The lowest BCUT2D eigenvalue weighted by Crippen LogP contribution is -2.49. The number of aromatic amines is 1. The fraction of sp³-hybridized carbons (Fsp3) is 0.280. The monoisotopic (exact) mass is 1230 g/mol. The van der Waals surface area contributed by atoms with E-state index >= 15 is 0 Å². The van der Waals surface area contributed by atoms with Crippen molar-refractivity contribution in [1.82, 2.24) is 51.2 Å². The van der Waals surface area contributed by atoms with Crippen molar-refractivity contribution in [1.29, 1.82) is 0 Å². The third-order valence-electron chi connectivity index (χ3n) is 12.0. The minimum Gasteiger partial charge on any atom is -0.480 e. The third kappa shape index (κ3) is 15.3. The number of aliphatic carboxylic acids is 1. The first-order chi connectivity index (χ1) is 39.6. The molecule has 0 saturated carbocycles. The van der Waals surface area contributed by atoms with Gasteiger partial charge in [0.1, 0.15) is 21.8 Å². The van der Waals surface area contributed by atoms with Gasteiger partial charge >= 0.3 is 24.3 Å². The molecule has 0 bridgehead atoms. The number of ether oxygens (including phenoxy) is 2. The fourth-order valence-electron chi connectivity index (χ4n) is 8.09. The van der Waals surface area contributed by atoms with Crippen molar-refractivity contribution in [3.63, 3.8) is 0 Å². The van der Waals surface area contributed by atoms with Gasteiger partial charge in [0, 0.05) is 30.5 Å². The van der Waals surface area contributed by atoms with Crippen LogP contribution in [-0.2, 0) is 53.8 Å². The second-order valence-corrected chi connectivity index (χ2v) is 21.5. The molecule has 23 nitrogen and oxygen atoms in total. The predicted octanol–water partition coefficient (Wildman–Crippen LogP) is 7.05. The van der Waals surface area contributed by atoms with Crippen LogP contribution in [0.3, 0.4) is 0 Å². The number of H-pyrrole nitrogens is 1. The highest BCUT2D eigenvalue weighted by molar-refractivity contribution is 7.18. The molecule has 6 amide bonds. The zero-order valence-electron chi connectivity index (χ0n) is 42.6. The average molecular weight is 1230 g/mol. The van der Waals surface area contributed by atoms with Gasteiger partial charge in [-0.25, -0.2) is 24.2 Å². The molecule has 3 atom stereocenters. The number of rotatable bonds is 19. The van der Waals surface area contributed by atoms with Gasteiger partial charge in [-0.15, -0.1) is 22.7 Å². The molecule has 6 aromatic heterocycles. The average Bonchev–Trinajstić information content (AvgIpc) is 3.79. The zero-order chi connectivity index (χ0) is 59.6. The number of aromatic nitrogens is 6. The molecule has 436 valence electrons. The van der Waals surface area contributed by atoms with Gasteiger partial charge in [-0.3, -0.25) is 33.9 Å². The number of thiophene rings is 2. The fourth-order valence-corrected chi connectivity index (χ4v) is 11.2. The van der Waals surface area contributed by atoms with E-state index in [1.807, 2.05) is 11.4 Å². The van der Waals surface area contributed by atoms with Crippen molar-refractivity contribution in [2.24, 2.45) is 0 Å². The second kappa shape index (κ2) is 26.5. The molecule has 1 aliphatic heterocycles. The van der Waals surface area contributed by atoms with Gasteiger partial charge in [-0.1, -0.05) is 59.1 Å². The first-order valence-electron chi connectivity index (χ1n) is 24.4. The number of halogens is 6. The number of carbonyl (C=O) groups is 8. The third-order valence-corrected chi connectivity index (χ3v) is 15.6. The molecule has 83 heavy (non-hydrogen) atoms. The van der Waals surface area contributed by atoms with Crippen LogP contribution in [0.2, 0.25) is 0 Å². The highest BCUT2D eigenvalue weighted by Crippen LogP contribution is 2.38. The molecular formula is C50H44F6N12O11S4. The molecule has 1 fully saturated rings. The molecule has 2 aromatic carbocycles. The molecule has 1 saturated heterocycles. The lowest BCUT2D eigenvalue weighted by Gasteiger charge is -2.23. The van der Waals surface area contributed by atoms with E-state index in [1.54, 1.807) is 64.1 Å². The number of esters is 1. The number of nitrogens with one attached hydrogen (secondary N) is 7. The largest absolute Gasteiger partial charge is 0.480 e. The first kappa shape index (κ1) is 60.4. The van der Waals surface area contributed by atoms with E-state index in [-0.39, 0.29) is 35.3 Å². The second-order valence-electron chi connectivity index (χ2n) is 17.6. The summed E-state index contributed by atoms with van der Waals surface area (Å²) < 4.78 is 94.8. The van der Waals surface area contributed by atoms with E-state index in [9.17, 15) is 69.8 Å². The Kier molecular flexibility index (Phi) is 19.3. The van der Waals surface area contributed by atoms with Crippen LogP contribution >= 0.6 is 45.3 Å². The van der Waals surface area contributed by atoms with E-state index in [4.69, 9.17) is 4.74 Å². The molecule has 33 heteroatoms. The Balaban J connectivity index is 0.000000220. The van der Waals surface area contributed by atoms with E-state index in [0.29, 0.717) is 50.2 Å². The first-order valence-corrected chi connectivity index (χ1v) is 27.8. The number of thiazole rings is 2. The van der Waals surface area contributed by atoms with Crippen molar-refractivity contribution in [2.75, 3.05) is 37.4 Å². The summed E-state index contributed by atoms with van der Waals surface area (Å²) in [6.07, 6.45) is -4.87. The summed E-state index contributed by atoms with van der Waals surface area (Å²) in [5.41, 5.74) is -0.549. The number of carbonyl (C=O) groups excluding carboxylic acids is 7. The Hall–Kier alpha value is -8.66. The molecular weight excluding hydrogens is 1190 g/mol. The maximum Gasteiger partial charge on any atom is 0.435 e. The lowest BCUT2D eigenvalue weighted by atomic mass is 10.1. The molecule has 0 aliphatic carbocycles. The SMILES string of the molecule is COC(=O)[C@H](CNC(=O)c1cccs1)NC(=O)c1sc(NC(=O)Cc2cccc3c2cnn3C2CCCCO2)nc1C(F)(F)F.O=C(Cc1cccc2[nH]ncc12)Nc1nc(C(F)(F)F)c(C(=O)N[C@@H](CNC(=O)c2cccs2)C(=O)O)s1. The maximum atomic E-state index is 13.9. The number of carboxylic acid groups (broad SMARTS) is 1. The molecule has 8 aromatic rings. The van der Waals surface area contributed by atoms with Crippen LogP contribution < -0.4 is 31.9 Å². The number of alkyl halides is 6. The standard InChI is InChI=1S/C28H27F3N6O6S2.C22H17F3N6O5S2/c1-42-26(41)17(14-32-24(39)19-8-5-11-44-19)34-25(40)22-23(28(29,30)31)36-27(45-22)35-20(38)12-15-6-4-7-18-16(15)13-33-37(18)21-9-2-3-10-43-21;23-22(24,25)17-16(19(34)28-13(20(35)36)9-26-18(33)14-5-2-6-37-14)38-21(30-17)29-15(32)7-10-3-1-4-12-11(10)8-27-31-12/h4-8,11,13,17,21H,2-3,9-10,12,14H2,1H3,(H,32,39)(H,34,40)(H,35,36,38);1-6,8,13H,7,9H2,(H,26,33)(H,27,31)(H,28,34)(H,35,36)(H,29,30,32)/t17-,21?;13-/m00/s1. The molecule has 0 spiro atoms. The normalized spacial score (nSPS) is 14.1. The number of anilines is 2. The van der Waals surface area contributed by atoms with Crippen LogP contribution in [0.25, 0.3) is 21.8 Å². The van der Waals surface area contributed by atoms with Gasteiger partial charge in [-0.2, -0.15) is 36.5 Å². The topological polar surface area (TPSA) is 320 Å². The zero-order valence-corrected chi connectivity index (χ0v) is 45.9. The summed E-state index contributed by atoms with van der Waals surface area (Å²) in [5, 5.41) is 37.6. The number of nitrogens with zero attached hydrogens (tertiary/aromatic N) is 5. The summed E-state index contributed by atoms with van der Waals surface area (Å²) in [6.45, 7) is -0.410. The van der Waals surface area contributed by atoms with Gasteiger partial charge in [0.25, 0.3) is 23.6 Å². The molecule has 0 radical (unpaired) electrons. The van der Waals surface area contributed by atoms with Gasteiger partial charge in [-0.05, 0) is 65.4 Å². The minimum atomic E-state index is -5.07. The number of amides is 6. The summed E-state index contributed by atoms with van der Waals surface area (Å²) in [4.78, 5) is 105. The molecule has 1 aliphatic rings. The molecule has 8 N–H and O–H groups in total. The van der Waals surface area contributed by atoms with E-state index < -0.39 is 116 Å². The van der Waals surface area contributed by atoms with E-state index in [0.717, 1.165) is 54.6 Å². The van der Waals surface area contributed by atoms with Crippen LogP contribution in [0.5, 0.6) is 0 Å². The van der Waals surface area contributed by atoms with Crippen molar-refractivity contribution in [3.8, 4) is 0 Å². The molecule has 9 rings (SSSR count). The number of methoxy groups -OCH3 is 1. The van der Waals surface area contributed by atoms with Crippen LogP contribution in [0.4, 0.5) is 36.6 Å². The smallest absolute Gasteiger partial charge is 0.435 e. The highest BCUT2D eigenvalue weighted by atomic mass is 32.1. The Morgan fingerprint density at radius 3 is 1.76 bits per heavy atom. The van der Waals surface area contributed by atoms with Crippen molar-refractivity contribution in [3.05, 3.63) is 126 Å². The lowest BCUT2D eigenvalue weighted by molar-refractivity contribution is -0.143. The maximum absolute atomic E-state index is 13.9. The quantitative estimate of drug-likeness (QED) is 0.0297. The van der Waals surface area contributed by atoms with Crippen molar-refractivity contribution in [2.45, 2.75) is 62.8 Å². The number of benzene rings is 2. The Morgan fingerprint density at radius 1 is 0.711 bits per heavy atom. The molecule has 7 heterocycles. The van der Waals surface area contributed by atoms with Gasteiger partial charge in [0.2, 0.25) is 11.8 Å². The molecule has 1 unspecified atom stereocenters. The van der Waals surface area contributed by atoms with E-state index in [2.05, 4.69) is 56.6 Å². The summed E-state index contributed by atoms with van der Waals surface area (Å²) in [7, 11) is 1.03. The van der Waals surface area contributed by atoms with Gasteiger partial charge < -0.3 is 46.5 Å². The number of fused-ring (bicyclic) bond motifs is 2. The Morgan fingerprint density at radius 2 is 1.25 bits per heavy atom. The van der Waals surface area contributed by atoms with Crippen LogP contribution in [0.15, 0.2) is 83.8 Å². The van der Waals surface area contributed by atoms with Crippen molar-refractivity contribution >= 4 is 125 Å². The predicted molar refractivity (Wildman–Crippen MR) is 289 cm³/mol. The summed E-state index contributed by atoms with van der Waals surface area (Å²) in [6, 6.07) is 13.4. The highest BCUT2D eigenvalue weighted by Gasteiger charge is 2.42. The Bertz CT molecular complexity index is 3670. The van der Waals surface area contributed by atoms with Gasteiger partial charge in [0.05, 0.1) is 53.1 Å². The summed E-state index contributed by atoms with van der Waals surface area (Å²) >= 11 is 2.77.